The van der Waals surface area contributed by atoms with Crippen LogP contribution in [0.4, 0.5) is 4.39 Å². The first-order chi connectivity index (χ1) is 13.6. The molecule has 0 saturated carbocycles. The molecule has 0 aliphatic rings. The first-order valence-corrected chi connectivity index (χ1v) is 9.51. The number of rotatable bonds is 7. The van der Waals surface area contributed by atoms with Gasteiger partial charge in [-0.25, -0.2) is 9.37 Å². The molecule has 0 spiro atoms. The van der Waals surface area contributed by atoms with E-state index in [1.807, 2.05) is 18.3 Å². The van der Waals surface area contributed by atoms with Crippen molar-refractivity contribution in [1.29, 1.82) is 0 Å². The van der Waals surface area contributed by atoms with Gasteiger partial charge >= 0.3 is 0 Å². The lowest BCUT2D eigenvalue weighted by Crippen LogP contribution is -2.23. The van der Waals surface area contributed by atoms with Crippen LogP contribution in [0.3, 0.4) is 0 Å². The fourth-order valence-electron chi connectivity index (χ4n) is 2.85. The molecule has 0 bridgehead atoms. The molecule has 1 amide bonds. The number of benzene rings is 1. The number of carbonyl (C=O) groups excluding carboxylic acids is 1. The number of aromatic nitrogens is 2. The zero-order valence-electron chi connectivity index (χ0n) is 15.3. The lowest BCUT2D eigenvalue weighted by atomic mass is 10.0. The molecule has 0 aliphatic heterocycles. The van der Waals surface area contributed by atoms with Gasteiger partial charge < -0.3 is 10.3 Å². The standard InChI is InChI=1S/C22H20FN3OS/c23-20-6-2-1-4-17(20)8-10-21(27)24-13-3-5-18(28)9-7-16-11-14-25-22-19(16)12-15-26-22/h1-2,4,6,11-12,14-15H,3,5,7,9,13H2,(H,24,27)(H,25,26). The molecule has 3 rings (SSSR count). The van der Waals surface area contributed by atoms with Gasteiger partial charge in [0.2, 0.25) is 0 Å². The zero-order chi connectivity index (χ0) is 19.8. The Balaban J connectivity index is 1.37. The van der Waals surface area contributed by atoms with Crippen LogP contribution in [0, 0.1) is 17.7 Å². The number of aromatic amines is 1. The Morgan fingerprint density at radius 1 is 1.21 bits per heavy atom. The van der Waals surface area contributed by atoms with Crippen LogP contribution in [0.25, 0.3) is 11.0 Å². The minimum atomic E-state index is -0.431. The van der Waals surface area contributed by atoms with Crippen LogP contribution in [0.15, 0.2) is 48.8 Å². The summed E-state index contributed by atoms with van der Waals surface area (Å²) in [6, 6.07) is 10.2. The highest BCUT2D eigenvalue weighted by atomic mass is 32.1. The molecule has 2 heterocycles. The summed E-state index contributed by atoms with van der Waals surface area (Å²) in [6.07, 6.45) is 6.89. The van der Waals surface area contributed by atoms with Crippen molar-refractivity contribution in [3.05, 3.63) is 65.7 Å². The number of hydrogen-bond donors (Lipinski definition) is 2. The Morgan fingerprint density at radius 3 is 2.93 bits per heavy atom. The molecule has 2 N–H and O–H groups in total. The van der Waals surface area contributed by atoms with E-state index in [0.29, 0.717) is 6.54 Å². The van der Waals surface area contributed by atoms with Gasteiger partial charge in [-0.05, 0) is 60.4 Å². The van der Waals surface area contributed by atoms with Crippen LogP contribution in [0.5, 0.6) is 0 Å². The van der Waals surface area contributed by atoms with Crippen LogP contribution in [-0.4, -0.2) is 27.3 Å². The number of aryl methyl sites for hydroxylation is 1. The third-order valence-corrected chi connectivity index (χ3v) is 4.73. The Morgan fingerprint density at radius 2 is 2.07 bits per heavy atom. The summed E-state index contributed by atoms with van der Waals surface area (Å²) in [4.78, 5) is 20.1. The van der Waals surface area contributed by atoms with Crippen molar-refractivity contribution in [2.45, 2.75) is 25.7 Å². The van der Waals surface area contributed by atoms with Gasteiger partial charge in [-0.3, -0.25) is 4.79 Å². The summed E-state index contributed by atoms with van der Waals surface area (Å²) in [6.45, 7) is 0.488. The molecule has 1 aromatic carbocycles. The van der Waals surface area contributed by atoms with Crippen LogP contribution < -0.4 is 5.32 Å². The second-order valence-electron chi connectivity index (χ2n) is 6.34. The van der Waals surface area contributed by atoms with Crippen LogP contribution >= 0.6 is 12.2 Å². The highest BCUT2D eigenvalue weighted by molar-refractivity contribution is 7.80. The van der Waals surface area contributed by atoms with E-state index in [4.69, 9.17) is 12.2 Å². The number of carbonyl (C=O) groups is 1. The van der Waals surface area contributed by atoms with Crippen molar-refractivity contribution in [2.75, 3.05) is 6.54 Å². The van der Waals surface area contributed by atoms with Gasteiger partial charge in [0.25, 0.3) is 5.91 Å². The second kappa shape index (κ2) is 9.77. The molecule has 0 radical (unpaired) electrons. The average molecular weight is 393 g/mol. The molecular weight excluding hydrogens is 373 g/mol. The molecule has 0 saturated heterocycles. The van der Waals surface area contributed by atoms with Crippen molar-refractivity contribution in [2.24, 2.45) is 0 Å². The largest absolute Gasteiger partial charge is 0.346 e. The van der Waals surface area contributed by atoms with Crippen LogP contribution in [-0.2, 0) is 11.2 Å². The van der Waals surface area contributed by atoms with E-state index < -0.39 is 11.7 Å². The third-order valence-electron chi connectivity index (χ3n) is 4.33. The summed E-state index contributed by atoms with van der Waals surface area (Å²) in [5, 5.41) is 3.85. The quantitative estimate of drug-likeness (QED) is 0.363. The first kappa shape index (κ1) is 19.7. The zero-order valence-corrected chi connectivity index (χ0v) is 16.1. The first-order valence-electron chi connectivity index (χ1n) is 9.10. The maximum atomic E-state index is 13.4. The normalized spacial score (nSPS) is 10.3. The van der Waals surface area contributed by atoms with Gasteiger partial charge in [-0.2, -0.15) is 0 Å². The van der Waals surface area contributed by atoms with E-state index >= 15 is 0 Å². The van der Waals surface area contributed by atoms with Gasteiger partial charge in [0.1, 0.15) is 11.5 Å². The van der Waals surface area contributed by atoms with E-state index in [2.05, 4.69) is 27.1 Å². The molecule has 0 aliphatic carbocycles. The fraction of sp³-hybridized carbons (Fsp3) is 0.227. The number of thiocarbonyl (C=S) groups is 1. The highest BCUT2D eigenvalue weighted by Crippen LogP contribution is 2.17. The Labute approximate surface area is 168 Å². The average Bonchev–Trinajstić information content (AvgIpc) is 3.18. The number of amides is 1. The van der Waals surface area contributed by atoms with Gasteiger partial charge in [0.05, 0.1) is 5.56 Å². The second-order valence-corrected chi connectivity index (χ2v) is 6.92. The summed E-state index contributed by atoms with van der Waals surface area (Å²) >= 11 is 5.46. The topological polar surface area (TPSA) is 57.8 Å². The van der Waals surface area contributed by atoms with Crippen LogP contribution in [0.1, 0.15) is 30.4 Å². The van der Waals surface area contributed by atoms with Crippen molar-refractivity contribution >= 4 is 34.0 Å². The Hall–Kier alpha value is -3.04. The molecule has 0 fully saturated rings. The molecule has 142 valence electrons. The minimum absolute atomic E-state index is 0.214. The maximum absolute atomic E-state index is 13.4. The lowest BCUT2D eigenvalue weighted by molar-refractivity contribution is -0.115. The van der Waals surface area contributed by atoms with Gasteiger partial charge in [0, 0.05) is 30.2 Å². The van der Waals surface area contributed by atoms with Crippen molar-refractivity contribution in [1.82, 2.24) is 15.3 Å². The summed E-state index contributed by atoms with van der Waals surface area (Å²) in [5.74, 6) is 4.10. The molecule has 3 aromatic rings. The number of fused-ring (bicyclic) bond motifs is 1. The minimum Gasteiger partial charge on any atom is -0.346 e. The highest BCUT2D eigenvalue weighted by Gasteiger charge is 2.05. The molecular formula is C22H20FN3OS. The Kier molecular flexibility index (Phi) is 6.88. The molecule has 2 aromatic heterocycles. The van der Waals surface area contributed by atoms with Crippen molar-refractivity contribution in [3.63, 3.8) is 0 Å². The SMILES string of the molecule is O=C(C#Cc1ccccc1F)NCCCC(=S)CCc1ccnc2[nH]ccc12. The van der Waals surface area contributed by atoms with E-state index in [0.717, 1.165) is 41.6 Å². The summed E-state index contributed by atoms with van der Waals surface area (Å²) < 4.78 is 13.4. The van der Waals surface area contributed by atoms with E-state index in [-0.39, 0.29) is 5.56 Å². The van der Waals surface area contributed by atoms with E-state index in [1.165, 1.54) is 17.7 Å². The van der Waals surface area contributed by atoms with E-state index in [1.54, 1.807) is 18.3 Å². The maximum Gasteiger partial charge on any atom is 0.296 e. The predicted octanol–water partition coefficient (Wildman–Crippen LogP) is 3.95. The predicted molar refractivity (Wildman–Crippen MR) is 113 cm³/mol. The monoisotopic (exact) mass is 393 g/mol. The molecule has 6 heteroatoms. The number of nitrogens with zero attached hydrogens (tertiary/aromatic N) is 1. The number of hydrogen-bond acceptors (Lipinski definition) is 3. The number of halogens is 1. The van der Waals surface area contributed by atoms with Crippen molar-refractivity contribution < 1.29 is 9.18 Å². The molecule has 4 nitrogen and oxygen atoms in total. The smallest absolute Gasteiger partial charge is 0.296 e. The van der Waals surface area contributed by atoms with Gasteiger partial charge in [0.15, 0.2) is 0 Å². The van der Waals surface area contributed by atoms with Gasteiger partial charge in [-0.15, -0.1) is 0 Å². The number of nitrogens with one attached hydrogen (secondary N) is 2. The van der Waals surface area contributed by atoms with Crippen molar-refractivity contribution in [3.8, 4) is 11.8 Å². The number of pyridine rings is 1. The summed E-state index contributed by atoms with van der Waals surface area (Å²) in [5.41, 5.74) is 2.33. The number of H-pyrrole nitrogens is 1. The van der Waals surface area contributed by atoms with Gasteiger partial charge in [-0.1, -0.05) is 30.3 Å². The lowest BCUT2D eigenvalue weighted by Gasteiger charge is -2.06. The fourth-order valence-corrected chi connectivity index (χ4v) is 3.10. The summed E-state index contributed by atoms with van der Waals surface area (Å²) in [7, 11) is 0. The van der Waals surface area contributed by atoms with E-state index in [9.17, 15) is 9.18 Å². The molecule has 0 atom stereocenters. The third kappa shape index (κ3) is 5.48. The molecule has 28 heavy (non-hydrogen) atoms. The van der Waals surface area contributed by atoms with Crippen LogP contribution in [0.2, 0.25) is 0 Å². The molecule has 0 unspecified atom stereocenters. The Bertz CT molecular complexity index is 1050.